The summed E-state index contributed by atoms with van der Waals surface area (Å²) in [6.07, 6.45) is 15.9. The minimum Gasteiger partial charge on any atom is -0.368 e. The van der Waals surface area contributed by atoms with Crippen LogP contribution in [0.15, 0.2) is 73.1 Å². The molecule has 4 rings (SSSR count). The first-order chi connectivity index (χ1) is 9.45. The molecule has 0 aromatic heterocycles. The van der Waals surface area contributed by atoms with E-state index in [1.807, 2.05) is 36.7 Å². The van der Waals surface area contributed by atoms with Gasteiger partial charge in [-0.1, -0.05) is 60.7 Å². The highest BCUT2D eigenvalue weighted by molar-refractivity contribution is 6.04. The smallest absolute Gasteiger partial charge is 0.000442 e. The summed E-state index contributed by atoms with van der Waals surface area (Å²) < 4.78 is 0. The lowest BCUT2D eigenvalue weighted by molar-refractivity contribution is 1.20. The molecule has 1 nitrogen and oxygen atoms in total. The lowest BCUT2D eigenvalue weighted by Crippen LogP contribution is -1.87. The van der Waals surface area contributed by atoms with Crippen molar-refractivity contribution in [3.8, 4) is 0 Å². The van der Waals surface area contributed by atoms with Gasteiger partial charge in [-0.05, 0) is 34.1 Å². The van der Waals surface area contributed by atoms with E-state index in [0.717, 1.165) is 0 Å². The Balaban J connectivity index is 0.000000136. The first kappa shape index (κ1) is 11.5. The first-order valence-corrected chi connectivity index (χ1v) is 6.39. The summed E-state index contributed by atoms with van der Waals surface area (Å²) in [5.41, 5.74) is 2.70. The molecular weight excluding hydrogens is 230 g/mol. The van der Waals surface area contributed by atoms with Gasteiger partial charge in [0.05, 0.1) is 0 Å². The SMILES string of the molecule is C1=CC=CNC=C1.C1=Cc2cccc3cccc1c23. The Kier molecular flexibility index (Phi) is 3.28. The van der Waals surface area contributed by atoms with Crippen molar-refractivity contribution in [1.29, 1.82) is 0 Å². The lowest BCUT2D eigenvalue weighted by Gasteiger charge is -1.99. The van der Waals surface area contributed by atoms with Crippen LogP contribution < -0.4 is 5.32 Å². The number of allylic oxidation sites excluding steroid dienone is 4. The standard InChI is InChI=1S/C12H8.C6H7N/c1-3-9-4-2-6-11-8-7-10(5-1)12(9)11;1-2-4-6-7-5-3-1/h1-8H;1-7H. The second-order valence-corrected chi connectivity index (χ2v) is 4.40. The third kappa shape index (κ3) is 2.50. The monoisotopic (exact) mass is 245 g/mol. The molecule has 1 heteroatoms. The molecule has 0 saturated carbocycles. The van der Waals surface area contributed by atoms with Gasteiger partial charge in [0.1, 0.15) is 0 Å². The predicted octanol–water partition coefficient (Wildman–Crippen LogP) is 4.50. The van der Waals surface area contributed by atoms with Crippen LogP contribution >= 0.6 is 0 Å². The van der Waals surface area contributed by atoms with Crippen molar-refractivity contribution in [2.75, 3.05) is 0 Å². The minimum absolute atomic E-state index is 1.34. The Hall–Kier alpha value is -2.54. The summed E-state index contributed by atoms with van der Waals surface area (Å²) in [5, 5.41) is 5.67. The number of hydrogen-bond donors (Lipinski definition) is 1. The van der Waals surface area contributed by atoms with Crippen LogP contribution in [0.4, 0.5) is 0 Å². The fourth-order valence-electron chi connectivity index (χ4n) is 2.26. The molecule has 1 aliphatic carbocycles. The molecule has 0 atom stereocenters. The summed E-state index contributed by atoms with van der Waals surface area (Å²) in [6, 6.07) is 12.9. The Morgan fingerprint density at radius 2 is 1.21 bits per heavy atom. The molecule has 0 fully saturated rings. The second-order valence-electron chi connectivity index (χ2n) is 4.40. The molecule has 2 aromatic rings. The number of nitrogens with one attached hydrogen (secondary N) is 1. The fraction of sp³-hybridized carbons (Fsp3) is 0. The van der Waals surface area contributed by atoms with Gasteiger partial charge in [0, 0.05) is 12.4 Å². The van der Waals surface area contributed by atoms with Gasteiger partial charge >= 0.3 is 0 Å². The summed E-state index contributed by atoms with van der Waals surface area (Å²) in [6.45, 7) is 0. The van der Waals surface area contributed by atoms with Crippen molar-refractivity contribution >= 4 is 22.9 Å². The van der Waals surface area contributed by atoms with Crippen molar-refractivity contribution < 1.29 is 0 Å². The van der Waals surface area contributed by atoms with E-state index < -0.39 is 0 Å². The molecular formula is C18H15N. The Morgan fingerprint density at radius 1 is 0.632 bits per heavy atom. The van der Waals surface area contributed by atoms with Crippen LogP contribution in [0.1, 0.15) is 11.1 Å². The molecule has 0 saturated heterocycles. The van der Waals surface area contributed by atoms with E-state index in [0.29, 0.717) is 0 Å². The van der Waals surface area contributed by atoms with E-state index in [1.165, 1.54) is 21.9 Å². The van der Waals surface area contributed by atoms with E-state index >= 15 is 0 Å². The van der Waals surface area contributed by atoms with Crippen LogP contribution in [0, 0.1) is 0 Å². The average molecular weight is 245 g/mol. The van der Waals surface area contributed by atoms with E-state index in [4.69, 9.17) is 0 Å². The van der Waals surface area contributed by atoms with Gasteiger partial charge in [0.15, 0.2) is 0 Å². The topological polar surface area (TPSA) is 12.0 Å². The summed E-state index contributed by atoms with van der Waals surface area (Å²) in [4.78, 5) is 0. The second kappa shape index (κ2) is 5.40. The molecule has 92 valence electrons. The predicted molar refractivity (Wildman–Crippen MR) is 83.4 cm³/mol. The number of benzene rings is 2. The summed E-state index contributed by atoms with van der Waals surface area (Å²) in [7, 11) is 0. The average Bonchev–Trinajstić information content (AvgIpc) is 2.69. The van der Waals surface area contributed by atoms with E-state index in [-0.39, 0.29) is 0 Å². The minimum atomic E-state index is 1.34. The Labute approximate surface area is 113 Å². The lowest BCUT2D eigenvalue weighted by atomic mass is 10.0. The molecule has 0 amide bonds. The van der Waals surface area contributed by atoms with Crippen LogP contribution in [0.2, 0.25) is 0 Å². The van der Waals surface area contributed by atoms with Gasteiger partial charge in [-0.15, -0.1) is 0 Å². The summed E-state index contributed by atoms with van der Waals surface area (Å²) in [5.74, 6) is 0. The number of hydrogen-bond acceptors (Lipinski definition) is 1. The normalized spacial score (nSPS) is 13.9. The molecule has 1 N–H and O–H groups in total. The third-order valence-electron chi connectivity index (χ3n) is 3.13. The van der Waals surface area contributed by atoms with Crippen LogP contribution in [0.3, 0.4) is 0 Å². The Morgan fingerprint density at radius 3 is 1.79 bits per heavy atom. The molecule has 0 radical (unpaired) electrons. The van der Waals surface area contributed by atoms with Crippen LogP contribution in [0.5, 0.6) is 0 Å². The van der Waals surface area contributed by atoms with Gasteiger partial charge in [-0.25, -0.2) is 0 Å². The van der Waals surface area contributed by atoms with Crippen LogP contribution in [0.25, 0.3) is 22.9 Å². The number of rotatable bonds is 0. The van der Waals surface area contributed by atoms with E-state index in [2.05, 4.69) is 53.9 Å². The molecule has 0 bridgehead atoms. The maximum Gasteiger partial charge on any atom is 0.000442 e. The van der Waals surface area contributed by atoms with Gasteiger partial charge in [-0.2, -0.15) is 0 Å². The molecule has 1 aliphatic heterocycles. The zero-order valence-corrected chi connectivity index (χ0v) is 10.6. The van der Waals surface area contributed by atoms with E-state index in [1.54, 1.807) is 0 Å². The molecule has 1 heterocycles. The fourth-order valence-corrected chi connectivity index (χ4v) is 2.26. The summed E-state index contributed by atoms with van der Waals surface area (Å²) >= 11 is 0. The molecule has 2 aliphatic rings. The van der Waals surface area contributed by atoms with Gasteiger partial charge in [-0.3, -0.25) is 0 Å². The highest BCUT2D eigenvalue weighted by Gasteiger charge is 2.06. The van der Waals surface area contributed by atoms with Crippen molar-refractivity contribution in [3.63, 3.8) is 0 Å². The van der Waals surface area contributed by atoms with Crippen molar-refractivity contribution in [2.24, 2.45) is 0 Å². The van der Waals surface area contributed by atoms with Crippen LogP contribution in [-0.4, -0.2) is 0 Å². The molecule has 0 spiro atoms. The zero-order valence-electron chi connectivity index (χ0n) is 10.6. The molecule has 19 heavy (non-hydrogen) atoms. The Bertz CT molecular complexity index is 648. The van der Waals surface area contributed by atoms with Crippen LogP contribution in [-0.2, 0) is 0 Å². The largest absolute Gasteiger partial charge is 0.368 e. The first-order valence-electron chi connectivity index (χ1n) is 6.39. The highest BCUT2D eigenvalue weighted by Crippen LogP contribution is 2.30. The molecule has 2 aromatic carbocycles. The quantitative estimate of drug-likeness (QED) is 0.615. The zero-order chi connectivity index (χ0) is 12.9. The molecule has 0 unspecified atom stereocenters. The van der Waals surface area contributed by atoms with E-state index in [9.17, 15) is 0 Å². The van der Waals surface area contributed by atoms with Gasteiger partial charge in [0.2, 0.25) is 0 Å². The maximum atomic E-state index is 2.92. The third-order valence-corrected chi connectivity index (χ3v) is 3.13. The maximum absolute atomic E-state index is 2.92. The van der Waals surface area contributed by atoms with Crippen molar-refractivity contribution in [3.05, 3.63) is 84.2 Å². The van der Waals surface area contributed by atoms with Gasteiger partial charge < -0.3 is 5.32 Å². The van der Waals surface area contributed by atoms with Gasteiger partial charge in [0.25, 0.3) is 0 Å². The van der Waals surface area contributed by atoms with Crippen molar-refractivity contribution in [1.82, 2.24) is 5.32 Å². The highest BCUT2D eigenvalue weighted by atomic mass is 14.8. The van der Waals surface area contributed by atoms with Crippen molar-refractivity contribution in [2.45, 2.75) is 0 Å².